The summed E-state index contributed by atoms with van der Waals surface area (Å²) in [4.78, 5) is 14.7. The molecule has 0 saturated carbocycles. The van der Waals surface area contributed by atoms with Crippen molar-refractivity contribution in [3.63, 3.8) is 0 Å². The Hall–Kier alpha value is -2.28. The maximum absolute atomic E-state index is 13.1. The van der Waals surface area contributed by atoms with E-state index >= 15 is 0 Å². The molecule has 1 fully saturated rings. The Labute approximate surface area is 160 Å². The van der Waals surface area contributed by atoms with Gasteiger partial charge in [-0.05, 0) is 62.6 Å². The molecule has 0 radical (unpaired) electrons. The number of carbonyl (C=O) groups is 1. The molecule has 0 aliphatic carbocycles. The first-order valence-corrected chi connectivity index (χ1v) is 10.8. The SMILES string of the molecule is Cc1cc(C)cc(O[C@H](C)C(=O)N(Cc2ccco2)[C@H]2CCS(=O)(=O)C2)c1. The molecule has 6 nitrogen and oxygen atoms in total. The molecule has 1 saturated heterocycles. The fraction of sp³-hybridized carbons (Fsp3) is 0.450. The zero-order valence-corrected chi connectivity index (χ0v) is 16.7. The zero-order chi connectivity index (χ0) is 19.6. The van der Waals surface area contributed by atoms with Crippen LogP contribution < -0.4 is 4.74 Å². The van der Waals surface area contributed by atoms with Crippen molar-refractivity contribution in [3.05, 3.63) is 53.5 Å². The van der Waals surface area contributed by atoms with Crippen molar-refractivity contribution in [2.24, 2.45) is 0 Å². The summed E-state index contributed by atoms with van der Waals surface area (Å²) < 4.78 is 35.1. The summed E-state index contributed by atoms with van der Waals surface area (Å²) >= 11 is 0. The largest absolute Gasteiger partial charge is 0.481 e. The normalized spacial score (nSPS) is 19.6. The van der Waals surface area contributed by atoms with Gasteiger partial charge in [0.15, 0.2) is 15.9 Å². The average molecular weight is 391 g/mol. The molecule has 27 heavy (non-hydrogen) atoms. The van der Waals surface area contributed by atoms with E-state index in [0.29, 0.717) is 17.9 Å². The number of aryl methyl sites for hydroxylation is 2. The predicted octanol–water partition coefficient (Wildman–Crippen LogP) is 2.88. The summed E-state index contributed by atoms with van der Waals surface area (Å²) in [5, 5.41) is 0. The molecular formula is C20H25NO5S. The lowest BCUT2D eigenvalue weighted by Crippen LogP contribution is -2.46. The second-order valence-electron chi connectivity index (χ2n) is 7.19. The highest BCUT2D eigenvalue weighted by Gasteiger charge is 2.37. The quantitative estimate of drug-likeness (QED) is 0.757. The Bertz CT molecular complexity index is 884. The Morgan fingerprint density at radius 2 is 2.00 bits per heavy atom. The van der Waals surface area contributed by atoms with Crippen molar-refractivity contribution in [2.45, 2.75) is 45.9 Å². The minimum absolute atomic E-state index is 0.0181. The van der Waals surface area contributed by atoms with Crippen molar-refractivity contribution in [2.75, 3.05) is 11.5 Å². The minimum atomic E-state index is -3.11. The van der Waals surface area contributed by atoms with E-state index in [4.69, 9.17) is 9.15 Å². The molecule has 0 bridgehead atoms. The second kappa shape index (κ2) is 7.76. The molecule has 0 N–H and O–H groups in total. The van der Waals surface area contributed by atoms with Crippen molar-refractivity contribution in [3.8, 4) is 5.75 Å². The van der Waals surface area contributed by atoms with E-state index in [1.54, 1.807) is 30.2 Å². The summed E-state index contributed by atoms with van der Waals surface area (Å²) in [7, 11) is -3.11. The first-order chi connectivity index (χ1) is 12.7. The lowest BCUT2D eigenvalue weighted by atomic mass is 10.1. The van der Waals surface area contributed by atoms with Gasteiger partial charge >= 0.3 is 0 Å². The molecule has 2 heterocycles. The molecule has 1 aromatic carbocycles. The van der Waals surface area contributed by atoms with Crippen LogP contribution >= 0.6 is 0 Å². The van der Waals surface area contributed by atoms with Gasteiger partial charge in [0.05, 0.1) is 24.3 Å². The predicted molar refractivity (Wildman–Crippen MR) is 102 cm³/mol. The van der Waals surface area contributed by atoms with Gasteiger partial charge in [-0.1, -0.05) is 6.07 Å². The number of ether oxygens (including phenoxy) is 1. The number of carbonyl (C=O) groups excluding carboxylic acids is 1. The van der Waals surface area contributed by atoms with Crippen LogP contribution in [0.2, 0.25) is 0 Å². The lowest BCUT2D eigenvalue weighted by molar-refractivity contribution is -0.140. The van der Waals surface area contributed by atoms with Gasteiger partial charge in [-0.25, -0.2) is 8.42 Å². The monoisotopic (exact) mass is 391 g/mol. The molecule has 2 atom stereocenters. The molecule has 1 aliphatic heterocycles. The van der Waals surface area contributed by atoms with Crippen LogP contribution in [0.15, 0.2) is 41.0 Å². The van der Waals surface area contributed by atoms with Crippen LogP contribution in [0.5, 0.6) is 5.75 Å². The zero-order valence-electron chi connectivity index (χ0n) is 15.8. The van der Waals surface area contributed by atoms with E-state index in [1.807, 2.05) is 32.0 Å². The van der Waals surface area contributed by atoms with Gasteiger partial charge in [-0.2, -0.15) is 0 Å². The van der Waals surface area contributed by atoms with E-state index in [-0.39, 0.29) is 30.0 Å². The third-order valence-corrected chi connectivity index (χ3v) is 6.44. The molecule has 2 aromatic rings. The standard InChI is InChI=1S/C20H25NO5S/c1-14-9-15(2)11-19(10-14)26-16(3)20(22)21(12-18-5-4-7-25-18)17-6-8-27(23,24)13-17/h4-5,7,9-11,16-17H,6,8,12-13H2,1-3H3/t16-,17+/m1/s1. The number of hydrogen-bond acceptors (Lipinski definition) is 5. The molecule has 1 aliphatic rings. The van der Waals surface area contributed by atoms with E-state index in [1.165, 1.54) is 0 Å². The van der Waals surface area contributed by atoms with Gasteiger partial charge < -0.3 is 14.1 Å². The molecule has 1 aromatic heterocycles. The number of sulfone groups is 1. The number of benzene rings is 1. The molecular weight excluding hydrogens is 366 g/mol. The first-order valence-electron chi connectivity index (χ1n) is 9.02. The number of amides is 1. The molecule has 1 amide bonds. The van der Waals surface area contributed by atoms with Crippen LogP contribution in [-0.4, -0.2) is 42.9 Å². The van der Waals surface area contributed by atoms with Crippen LogP contribution in [0.25, 0.3) is 0 Å². The summed E-state index contributed by atoms with van der Waals surface area (Å²) in [6.45, 7) is 5.86. The van der Waals surface area contributed by atoms with E-state index in [9.17, 15) is 13.2 Å². The first kappa shape index (κ1) is 19.5. The Balaban J connectivity index is 1.78. The van der Waals surface area contributed by atoms with Crippen LogP contribution in [0, 0.1) is 13.8 Å². The third kappa shape index (κ3) is 4.91. The second-order valence-corrected chi connectivity index (χ2v) is 9.41. The van der Waals surface area contributed by atoms with Gasteiger partial charge in [0.25, 0.3) is 5.91 Å². The Morgan fingerprint density at radius 1 is 1.30 bits per heavy atom. The van der Waals surface area contributed by atoms with Crippen LogP contribution in [0.3, 0.4) is 0 Å². The smallest absolute Gasteiger partial charge is 0.264 e. The third-order valence-electron chi connectivity index (χ3n) is 4.69. The highest BCUT2D eigenvalue weighted by molar-refractivity contribution is 7.91. The molecule has 0 unspecified atom stereocenters. The van der Waals surface area contributed by atoms with E-state index < -0.39 is 15.9 Å². The van der Waals surface area contributed by atoms with Crippen molar-refractivity contribution < 1.29 is 22.4 Å². The van der Waals surface area contributed by atoms with Gasteiger partial charge in [0.2, 0.25) is 0 Å². The molecule has 0 spiro atoms. The number of furan rings is 1. The highest BCUT2D eigenvalue weighted by Crippen LogP contribution is 2.23. The fourth-order valence-electron chi connectivity index (χ4n) is 3.47. The van der Waals surface area contributed by atoms with E-state index in [0.717, 1.165) is 11.1 Å². The van der Waals surface area contributed by atoms with E-state index in [2.05, 4.69) is 0 Å². The summed E-state index contributed by atoms with van der Waals surface area (Å²) in [6, 6.07) is 8.96. The fourth-order valence-corrected chi connectivity index (χ4v) is 5.20. The van der Waals surface area contributed by atoms with Crippen LogP contribution in [0.4, 0.5) is 0 Å². The lowest BCUT2D eigenvalue weighted by Gasteiger charge is -2.30. The van der Waals surface area contributed by atoms with Crippen molar-refractivity contribution in [1.29, 1.82) is 0 Å². The highest BCUT2D eigenvalue weighted by atomic mass is 32.2. The molecule has 146 valence electrons. The summed E-state index contributed by atoms with van der Waals surface area (Å²) in [6.07, 6.45) is 1.24. The summed E-state index contributed by atoms with van der Waals surface area (Å²) in [5.74, 6) is 1.09. The number of hydrogen-bond donors (Lipinski definition) is 0. The maximum Gasteiger partial charge on any atom is 0.264 e. The molecule has 3 rings (SSSR count). The molecule has 7 heteroatoms. The minimum Gasteiger partial charge on any atom is -0.481 e. The van der Waals surface area contributed by atoms with Gasteiger partial charge in [-0.15, -0.1) is 0 Å². The Morgan fingerprint density at radius 3 is 2.56 bits per heavy atom. The Kier molecular flexibility index (Phi) is 5.60. The average Bonchev–Trinajstić information content (AvgIpc) is 3.20. The van der Waals surface area contributed by atoms with Gasteiger partial charge in [-0.3, -0.25) is 4.79 Å². The maximum atomic E-state index is 13.1. The topological polar surface area (TPSA) is 76.8 Å². The van der Waals surface area contributed by atoms with Gasteiger partial charge in [0, 0.05) is 6.04 Å². The van der Waals surface area contributed by atoms with Gasteiger partial charge in [0.1, 0.15) is 11.5 Å². The van der Waals surface area contributed by atoms with Crippen LogP contribution in [0.1, 0.15) is 30.2 Å². The van der Waals surface area contributed by atoms with Crippen molar-refractivity contribution >= 4 is 15.7 Å². The van der Waals surface area contributed by atoms with Crippen LogP contribution in [-0.2, 0) is 21.2 Å². The van der Waals surface area contributed by atoms with Crippen molar-refractivity contribution in [1.82, 2.24) is 4.90 Å². The number of nitrogens with zero attached hydrogens (tertiary/aromatic N) is 1. The summed E-state index contributed by atoms with van der Waals surface area (Å²) in [5.41, 5.74) is 2.11. The number of rotatable bonds is 6.